The molecular weight excluding hydrogens is 548 g/mol. The van der Waals surface area contributed by atoms with Crippen molar-refractivity contribution in [2.24, 2.45) is 0 Å². The van der Waals surface area contributed by atoms with Crippen LogP contribution in [-0.2, 0) is 0 Å². The third-order valence-corrected chi connectivity index (χ3v) is 9.61. The predicted octanol–water partition coefficient (Wildman–Crippen LogP) is 10.3. The molecule has 0 aliphatic carbocycles. The second-order valence-electron chi connectivity index (χ2n) is 12.2. The van der Waals surface area contributed by atoms with Gasteiger partial charge < -0.3 is 8.97 Å². The lowest BCUT2D eigenvalue weighted by atomic mass is 9.95. The largest absolute Gasteiger partial charge is 0.308 e. The molecule has 45 heavy (non-hydrogen) atoms. The number of para-hydroxylation sites is 3. The van der Waals surface area contributed by atoms with E-state index in [2.05, 4.69) is 127 Å². The molecule has 0 atom stereocenters. The highest BCUT2D eigenvalue weighted by atomic mass is 15.0. The van der Waals surface area contributed by atoms with Crippen LogP contribution in [0.3, 0.4) is 0 Å². The third-order valence-electron chi connectivity index (χ3n) is 9.61. The summed E-state index contributed by atoms with van der Waals surface area (Å²) in [6, 6.07) is 40.8. The van der Waals surface area contributed by atoms with Crippen molar-refractivity contribution >= 4 is 59.9 Å². The summed E-state index contributed by atoms with van der Waals surface area (Å²) >= 11 is 0. The molecule has 0 N–H and O–H groups in total. The van der Waals surface area contributed by atoms with Gasteiger partial charge in [-0.15, -0.1) is 0 Å². The molecule has 0 radical (unpaired) electrons. The molecule has 0 fully saturated rings. The minimum Gasteiger partial charge on any atom is -0.308 e. The molecule has 210 valence electrons. The van der Waals surface area contributed by atoms with Gasteiger partial charge in [-0.2, -0.15) is 10.5 Å². The summed E-state index contributed by atoms with van der Waals surface area (Å²) in [5.74, 6) is 0. The highest BCUT2D eigenvalue weighted by Gasteiger charge is 2.27. The van der Waals surface area contributed by atoms with Gasteiger partial charge in [0.1, 0.15) is 0 Å². The van der Waals surface area contributed by atoms with E-state index in [9.17, 15) is 10.5 Å². The van der Waals surface area contributed by atoms with Gasteiger partial charge in [0, 0.05) is 32.5 Å². The SMILES string of the molecule is Cc1cccc(C)c1-n1c2cccc3c4cccc(C)c4n4c5ccccc5c5cc(-c6cc(C#N)cc(C#N)c6)c1c(c32)c54. The van der Waals surface area contributed by atoms with Crippen molar-refractivity contribution in [2.45, 2.75) is 20.8 Å². The van der Waals surface area contributed by atoms with E-state index in [1.54, 1.807) is 6.07 Å². The Morgan fingerprint density at radius 2 is 1.13 bits per heavy atom. The first-order valence-corrected chi connectivity index (χ1v) is 15.2. The standard InChI is InChI=1S/C41H26N4/c1-23-9-6-10-24(2)38(23)45-35-16-8-13-30-31-14-7-11-25(3)39(31)44-34-15-5-4-12-29(34)33-20-32(40(45)37(36(30)35)41(33)44)28-18-26(21-42)17-27(19-28)22-43/h4-20H,1-3H3. The molecule has 0 amide bonds. The van der Waals surface area contributed by atoms with Gasteiger partial charge >= 0.3 is 0 Å². The van der Waals surface area contributed by atoms with Crippen LogP contribution >= 0.6 is 0 Å². The zero-order chi connectivity index (χ0) is 30.6. The Morgan fingerprint density at radius 1 is 0.511 bits per heavy atom. The fraction of sp³-hybridized carbons (Fsp3) is 0.0732. The van der Waals surface area contributed by atoms with Crippen molar-refractivity contribution in [3.63, 3.8) is 0 Å². The molecule has 0 aliphatic heterocycles. The number of hydrogen-bond donors (Lipinski definition) is 0. The summed E-state index contributed by atoms with van der Waals surface area (Å²) < 4.78 is 4.91. The van der Waals surface area contributed by atoms with Crippen molar-refractivity contribution in [1.29, 1.82) is 10.5 Å². The summed E-state index contributed by atoms with van der Waals surface area (Å²) in [4.78, 5) is 0. The molecule has 9 aromatic rings. The summed E-state index contributed by atoms with van der Waals surface area (Å²) in [5, 5.41) is 27.1. The number of aromatic nitrogens is 2. The topological polar surface area (TPSA) is 56.9 Å². The Labute approximate surface area is 259 Å². The minimum absolute atomic E-state index is 0.475. The van der Waals surface area contributed by atoms with E-state index in [1.165, 1.54) is 54.7 Å². The van der Waals surface area contributed by atoms with Gasteiger partial charge in [-0.05, 0) is 84.8 Å². The summed E-state index contributed by atoms with van der Waals surface area (Å²) in [6.45, 7) is 6.55. The van der Waals surface area contributed by atoms with Crippen LogP contribution in [0.4, 0.5) is 0 Å². The fourth-order valence-electron chi connectivity index (χ4n) is 7.85. The molecule has 0 bridgehead atoms. The first-order chi connectivity index (χ1) is 22.0. The van der Waals surface area contributed by atoms with Gasteiger partial charge in [0.25, 0.3) is 0 Å². The van der Waals surface area contributed by atoms with Gasteiger partial charge in [0.15, 0.2) is 0 Å². The maximum Gasteiger partial charge on any atom is 0.0992 e. The van der Waals surface area contributed by atoms with Crippen LogP contribution in [0, 0.1) is 43.4 Å². The van der Waals surface area contributed by atoms with Crippen molar-refractivity contribution in [3.8, 4) is 29.0 Å². The second-order valence-corrected chi connectivity index (χ2v) is 12.2. The minimum atomic E-state index is 0.475. The predicted molar refractivity (Wildman–Crippen MR) is 185 cm³/mol. The summed E-state index contributed by atoms with van der Waals surface area (Å²) in [5.41, 5.74) is 13.3. The Morgan fingerprint density at radius 3 is 1.89 bits per heavy atom. The van der Waals surface area contributed by atoms with Gasteiger partial charge in [-0.25, -0.2) is 0 Å². The first kappa shape index (κ1) is 25.4. The molecular formula is C41H26N4. The molecule has 0 saturated heterocycles. The normalized spacial score (nSPS) is 11.8. The summed E-state index contributed by atoms with van der Waals surface area (Å²) in [7, 11) is 0. The lowest BCUT2D eigenvalue weighted by Crippen LogP contribution is -2.01. The molecule has 0 saturated carbocycles. The van der Waals surface area contributed by atoms with Gasteiger partial charge in [-0.1, -0.05) is 66.7 Å². The van der Waals surface area contributed by atoms with Crippen LogP contribution in [0.15, 0.2) is 103 Å². The zero-order valence-electron chi connectivity index (χ0n) is 25.1. The number of hydrogen-bond acceptors (Lipinski definition) is 2. The van der Waals surface area contributed by atoms with Crippen LogP contribution in [0.1, 0.15) is 27.8 Å². The smallest absolute Gasteiger partial charge is 0.0992 e. The number of benzene rings is 6. The molecule has 3 heterocycles. The van der Waals surface area contributed by atoms with E-state index in [0.717, 1.165) is 38.8 Å². The highest BCUT2D eigenvalue weighted by molar-refractivity contribution is 6.35. The molecule has 6 aromatic carbocycles. The second kappa shape index (κ2) is 8.96. The van der Waals surface area contributed by atoms with Crippen molar-refractivity contribution < 1.29 is 0 Å². The average molecular weight is 575 g/mol. The van der Waals surface area contributed by atoms with E-state index in [4.69, 9.17) is 0 Å². The zero-order valence-corrected chi connectivity index (χ0v) is 25.1. The van der Waals surface area contributed by atoms with E-state index in [1.807, 2.05) is 12.1 Å². The monoisotopic (exact) mass is 574 g/mol. The molecule has 0 unspecified atom stereocenters. The van der Waals surface area contributed by atoms with Crippen LogP contribution in [0.25, 0.3) is 76.7 Å². The molecule has 4 nitrogen and oxygen atoms in total. The number of aryl methyl sites for hydroxylation is 3. The maximum atomic E-state index is 9.98. The summed E-state index contributed by atoms with van der Waals surface area (Å²) in [6.07, 6.45) is 0. The first-order valence-electron chi connectivity index (χ1n) is 15.2. The van der Waals surface area contributed by atoms with Gasteiger partial charge in [0.2, 0.25) is 0 Å². The molecule has 9 rings (SSSR count). The van der Waals surface area contributed by atoms with Crippen molar-refractivity contribution in [1.82, 2.24) is 8.97 Å². The van der Waals surface area contributed by atoms with E-state index in [-0.39, 0.29) is 0 Å². The number of fused-ring (bicyclic) bond motifs is 6. The Hall–Kier alpha value is -6.10. The van der Waals surface area contributed by atoms with Gasteiger partial charge in [0.05, 0.1) is 56.5 Å². The van der Waals surface area contributed by atoms with Crippen LogP contribution in [-0.4, -0.2) is 8.97 Å². The maximum absolute atomic E-state index is 9.98. The fourth-order valence-corrected chi connectivity index (χ4v) is 7.85. The van der Waals surface area contributed by atoms with Crippen LogP contribution in [0.5, 0.6) is 0 Å². The third kappa shape index (κ3) is 3.23. The van der Waals surface area contributed by atoms with E-state index in [0.29, 0.717) is 11.1 Å². The molecule has 0 spiro atoms. The highest BCUT2D eigenvalue weighted by Crippen LogP contribution is 2.49. The number of rotatable bonds is 2. The van der Waals surface area contributed by atoms with Crippen molar-refractivity contribution in [2.75, 3.05) is 0 Å². The number of nitrogens with zero attached hydrogens (tertiary/aromatic N) is 4. The lowest BCUT2D eigenvalue weighted by molar-refractivity contribution is 1.12. The Bertz CT molecular complexity index is 2760. The van der Waals surface area contributed by atoms with E-state index >= 15 is 0 Å². The van der Waals surface area contributed by atoms with E-state index < -0.39 is 0 Å². The van der Waals surface area contributed by atoms with Crippen molar-refractivity contribution in [3.05, 3.63) is 131 Å². The lowest BCUT2D eigenvalue weighted by Gasteiger charge is -2.17. The average Bonchev–Trinajstić information content (AvgIpc) is 3.52. The molecule has 4 heteroatoms. The Kier molecular flexibility index (Phi) is 5.06. The number of nitriles is 2. The van der Waals surface area contributed by atoms with Crippen LogP contribution < -0.4 is 0 Å². The Balaban J connectivity index is 1.70. The molecule has 3 aromatic heterocycles. The quantitative estimate of drug-likeness (QED) is 0.206. The van der Waals surface area contributed by atoms with Gasteiger partial charge in [-0.3, -0.25) is 0 Å². The molecule has 0 aliphatic rings. The van der Waals surface area contributed by atoms with Crippen LogP contribution in [0.2, 0.25) is 0 Å².